The van der Waals surface area contributed by atoms with Crippen LogP contribution in [0.15, 0.2) is 11.6 Å². The molecule has 0 aliphatic heterocycles. The number of allylic oxidation sites excluding steroid dienone is 1. The van der Waals surface area contributed by atoms with Crippen LogP contribution in [0.3, 0.4) is 0 Å². The Bertz CT molecular complexity index is 634. The van der Waals surface area contributed by atoms with E-state index in [1.807, 2.05) is 0 Å². The lowest BCUT2D eigenvalue weighted by molar-refractivity contribution is -0.0575. The zero-order valence-electron chi connectivity index (χ0n) is 20.9. The smallest absolute Gasteiger partial charge is 0.0577 e. The molecule has 0 saturated heterocycles. The van der Waals surface area contributed by atoms with Gasteiger partial charge in [0.05, 0.1) is 6.10 Å². The average molecular weight is 415 g/mol. The van der Waals surface area contributed by atoms with Gasteiger partial charge < -0.3 is 5.11 Å². The molecule has 30 heavy (non-hydrogen) atoms. The van der Waals surface area contributed by atoms with Gasteiger partial charge in [0, 0.05) is 0 Å². The van der Waals surface area contributed by atoms with Crippen molar-refractivity contribution in [2.75, 3.05) is 0 Å². The summed E-state index contributed by atoms with van der Waals surface area (Å²) in [6.45, 7) is 15.1. The third-order valence-corrected chi connectivity index (χ3v) is 11.3. The number of hydrogen-bond acceptors (Lipinski definition) is 1. The van der Waals surface area contributed by atoms with Gasteiger partial charge in [-0.1, -0.05) is 66.0 Å². The van der Waals surface area contributed by atoms with Crippen LogP contribution < -0.4 is 0 Å². The van der Waals surface area contributed by atoms with Gasteiger partial charge in [-0.25, -0.2) is 0 Å². The molecule has 0 spiro atoms. The summed E-state index contributed by atoms with van der Waals surface area (Å²) in [4.78, 5) is 0. The van der Waals surface area contributed by atoms with Crippen molar-refractivity contribution in [1.29, 1.82) is 0 Å². The Kier molecular flexibility index (Phi) is 6.53. The van der Waals surface area contributed by atoms with Crippen molar-refractivity contribution in [2.24, 2.45) is 52.3 Å². The summed E-state index contributed by atoms with van der Waals surface area (Å²) in [6, 6.07) is 0. The Morgan fingerprint density at radius 2 is 1.77 bits per heavy atom. The van der Waals surface area contributed by atoms with E-state index in [1.165, 1.54) is 57.8 Å². The minimum Gasteiger partial charge on any atom is -0.393 e. The van der Waals surface area contributed by atoms with Gasteiger partial charge in [-0.3, -0.25) is 0 Å². The first-order valence-electron chi connectivity index (χ1n) is 13.6. The Balaban J connectivity index is 1.47. The van der Waals surface area contributed by atoms with E-state index in [0.29, 0.717) is 10.8 Å². The summed E-state index contributed by atoms with van der Waals surface area (Å²) in [7, 11) is 0. The highest BCUT2D eigenvalue weighted by atomic mass is 16.3. The maximum absolute atomic E-state index is 10.2. The molecule has 0 heterocycles. The van der Waals surface area contributed by atoms with Crippen molar-refractivity contribution >= 4 is 0 Å². The molecular formula is C29H50O. The molecule has 4 aliphatic carbocycles. The zero-order chi connectivity index (χ0) is 21.7. The molecule has 172 valence electrons. The fourth-order valence-corrected chi connectivity index (χ4v) is 9.30. The molecule has 0 radical (unpaired) electrons. The second kappa shape index (κ2) is 8.57. The topological polar surface area (TPSA) is 20.2 Å². The molecule has 3 saturated carbocycles. The van der Waals surface area contributed by atoms with Crippen LogP contribution in [-0.2, 0) is 0 Å². The molecule has 0 aromatic rings. The van der Waals surface area contributed by atoms with Gasteiger partial charge in [0.25, 0.3) is 0 Å². The summed E-state index contributed by atoms with van der Waals surface area (Å²) < 4.78 is 0. The van der Waals surface area contributed by atoms with Gasteiger partial charge in [-0.15, -0.1) is 0 Å². The normalized spacial score (nSPS) is 45.3. The fourth-order valence-electron chi connectivity index (χ4n) is 9.30. The molecule has 0 aromatic heterocycles. The van der Waals surface area contributed by atoms with Crippen LogP contribution >= 0.6 is 0 Å². The van der Waals surface area contributed by atoms with E-state index >= 15 is 0 Å². The van der Waals surface area contributed by atoms with E-state index in [-0.39, 0.29) is 6.10 Å². The Labute approximate surface area is 187 Å². The molecule has 4 aliphatic rings. The Hall–Kier alpha value is -0.300. The second-order valence-electron chi connectivity index (χ2n) is 12.9. The lowest BCUT2D eigenvalue weighted by Crippen LogP contribution is -2.50. The number of aliphatic hydroxyl groups is 1. The molecule has 1 N–H and O–H groups in total. The standard InChI is InChI=1S/C29H50O/c1-7-21(19(2)3)9-8-20(4)25-12-13-26-24-11-10-22-18-23(30)14-16-28(22,5)27(24)15-17-29(25,26)6/h10,19-21,23-27,30H,7-9,11-18H2,1-6H3/t20-,21-,23+,24+,25-,26+,27-,28+,29-/m1/s1. The van der Waals surface area contributed by atoms with E-state index in [4.69, 9.17) is 0 Å². The highest BCUT2D eigenvalue weighted by Gasteiger charge is 2.59. The van der Waals surface area contributed by atoms with Crippen molar-refractivity contribution in [3.8, 4) is 0 Å². The van der Waals surface area contributed by atoms with E-state index in [1.54, 1.807) is 5.57 Å². The van der Waals surface area contributed by atoms with Crippen LogP contribution in [0.1, 0.15) is 112 Å². The third-order valence-electron chi connectivity index (χ3n) is 11.3. The molecule has 0 bridgehead atoms. The van der Waals surface area contributed by atoms with E-state index in [2.05, 4.69) is 47.6 Å². The summed E-state index contributed by atoms with van der Waals surface area (Å²) in [5.74, 6) is 6.31. The van der Waals surface area contributed by atoms with E-state index < -0.39 is 0 Å². The largest absolute Gasteiger partial charge is 0.393 e. The molecule has 4 rings (SSSR count). The monoisotopic (exact) mass is 414 g/mol. The van der Waals surface area contributed by atoms with Crippen molar-refractivity contribution in [3.05, 3.63) is 11.6 Å². The Morgan fingerprint density at radius 1 is 1.00 bits per heavy atom. The quantitative estimate of drug-likeness (QED) is 0.436. The van der Waals surface area contributed by atoms with Crippen molar-refractivity contribution < 1.29 is 5.11 Å². The van der Waals surface area contributed by atoms with Gasteiger partial charge in [-0.2, -0.15) is 0 Å². The molecule has 1 heteroatoms. The van der Waals surface area contributed by atoms with Crippen molar-refractivity contribution in [2.45, 2.75) is 118 Å². The van der Waals surface area contributed by atoms with Gasteiger partial charge in [0.1, 0.15) is 0 Å². The van der Waals surface area contributed by atoms with E-state index in [0.717, 1.165) is 54.3 Å². The van der Waals surface area contributed by atoms with Crippen molar-refractivity contribution in [3.63, 3.8) is 0 Å². The summed E-state index contributed by atoms with van der Waals surface area (Å²) in [5, 5.41) is 10.2. The summed E-state index contributed by atoms with van der Waals surface area (Å²) in [5.41, 5.74) is 2.59. The molecule has 3 fully saturated rings. The number of aliphatic hydroxyl groups excluding tert-OH is 1. The van der Waals surface area contributed by atoms with Crippen molar-refractivity contribution in [1.82, 2.24) is 0 Å². The van der Waals surface area contributed by atoms with Crippen LogP contribution in [0, 0.1) is 52.3 Å². The van der Waals surface area contributed by atoms with Gasteiger partial charge >= 0.3 is 0 Å². The minimum absolute atomic E-state index is 0.0794. The Morgan fingerprint density at radius 3 is 2.47 bits per heavy atom. The predicted octanol–water partition coefficient (Wildman–Crippen LogP) is 8.02. The lowest BCUT2D eigenvalue weighted by Gasteiger charge is -2.58. The van der Waals surface area contributed by atoms with Crippen LogP contribution in [0.25, 0.3) is 0 Å². The molecule has 9 atom stereocenters. The third kappa shape index (κ3) is 3.74. The van der Waals surface area contributed by atoms with Crippen LogP contribution in [0.2, 0.25) is 0 Å². The lowest BCUT2D eigenvalue weighted by atomic mass is 9.47. The summed E-state index contributed by atoms with van der Waals surface area (Å²) in [6.07, 6.45) is 17.1. The fraction of sp³-hybridized carbons (Fsp3) is 0.931. The second-order valence-corrected chi connectivity index (χ2v) is 12.9. The van der Waals surface area contributed by atoms with E-state index in [9.17, 15) is 5.11 Å². The number of hydrogen-bond donors (Lipinski definition) is 1. The number of rotatable bonds is 6. The highest BCUT2D eigenvalue weighted by Crippen LogP contribution is 2.67. The molecule has 0 unspecified atom stereocenters. The molecule has 1 nitrogen and oxygen atoms in total. The highest BCUT2D eigenvalue weighted by molar-refractivity contribution is 5.25. The van der Waals surface area contributed by atoms with Crippen LogP contribution in [0.4, 0.5) is 0 Å². The van der Waals surface area contributed by atoms with Crippen LogP contribution in [-0.4, -0.2) is 11.2 Å². The van der Waals surface area contributed by atoms with Crippen LogP contribution in [0.5, 0.6) is 0 Å². The maximum Gasteiger partial charge on any atom is 0.0577 e. The predicted molar refractivity (Wildman–Crippen MR) is 128 cm³/mol. The maximum atomic E-state index is 10.2. The zero-order valence-corrected chi connectivity index (χ0v) is 20.9. The first-order chi connectivity index (χ1) is 14.2. The number of fused-ring (bicyclic) bond motifs is 5. The van der Waals surface area contributed by atoms with Gasteiger partial charge in [-0.05, 0) is 110 Å². The first-order valence-corrected chi connectivity index (χ1v) is 13.6. The molecule has 0 aromatic carbocycles. The minimum atomic E-state index is -0.0794. The first kappa shape index (κ1) is 22.9. The summed E-state index contributed by atoms with van der Waals surface area (Å²) >= 11 is 0. The molecular weight excluding hydrogens is 364 g/mol. The van der Waals surface area contributed by atoms with Gasteiger partial charge in [0.2, 0.25) is 0 Å². The molecule has 0 amide bonds. The average Bonchev–Trinajstić information content (AvgIpc) is 3.06. The van der Waals surface area contributed by atoms with Gasteiger partial charge in [0.15, 0.2) is 0 Å². The SMILES string of the molecule is CC[C@H](CC[C@@H](C)[C@H]1CC[C@H]2[C@@H]3CC=C4C[C@@H](O)CC[C@]4(C)[C@@H]3CC[C@]12C)C(C)C.